The zero-order valence-corrected chi connectivity index (χ0v) is 13.3. The molecule has 0 aliphatic rings. The molecule has 0 saturated carbocycles. The number of rotatable bonds is 6. The third kappa shape index (κ3) is 3.93. The van der Waals surface area contributed by atoms with Crippen molar-refractivity contribution in [2.24, 2.45) is 11.8 Å². The highest BCUT2D eigenvalue weighted by Crippen LogP contribution is 2.25. The molecule has 4 nitrogen and oxygen atoms in total. The van der Waals surface area contributed by atoms with Gasteiger partial charge in [0.05, 0.1) is 7.11 Å². The Hall–Kier alpha value is -1.14. The van der Waals surface area contributed by atoms with Crippen LogP contribution in [0.1, 0.15) is 27.7 Å². The number of hydrogen-bond donors (Lipinski definition) is 1. The fourth-order valence-electron chi connectivity index (χ4n) is 2.15. The summed E-state index contributed by atoms with van der Waals surface area (Å²) in [5.74, 6) is -0.226. The molecule has 0 saturated heterocycles. The van der Waals surface area contributed by atoms with Crippen molar-refractivity contribution in [1.82, 2.24) is 4.72 Å². The Bertz CT molecular complexity index is 548. The molecule has 0 aliphatic heterocycles. The quantitative estimate of drug-likeness (QED) is 0.879. The van der Waals surface area contributed by atoms with Crippen LogP contribution >= 0.6 is 0 Å². The maximum absolute atomic E-state index is 13.3. The van der Waals surface area contributed by atoms with Gasteiger partial charge < -0.3 is 4.74 Å². The second kappa shape index (κ2) is 6.54. The summed E-state index contributed by atoms with van der Waals surface area (Å²) < 4.78 is 45.8. The molecular weight excluding hydrogens is 281 g/mol. The largest absolute Gasteiger partial charge is 0.495 e. The summed E-state index contributed by atoms with van der Waals surface area (Å²) in [7, 11) is -2.47. The molecule has 0 radical (unpaired) electrons. The van der Waals surface area contributed by atoms with Gasteiger partial charge in [0.25, 0.3) is 0 Å². The van der Waals surface area contributed by atoms with Crippen molar-refractivity contribution < 1.29 is 17.5 Å². The normalized spacial score (nSPS) is 12.4. The molecule has 0 heterocycles. The number of methoxy groups -OCH3 is 1. The van der Waals surface area contributed by atoms with Crippen molar-refractivity contribution in [1.29, 1.82) is 0 Å². The van der Waals surface area contributed by atoms with Crippen molar-refractivity contribution >= 4 is 10.0 Å². The highest BCUT2D eigenvalue weighted by Gasteiger charge is 2.27. The third-order valence-electron chi connectivity index (χ3n) is 3.14. The lowest BCUT2D eigenvalue weighted by Gasteiger charge is -2.26. The Labute approximate surface area is 120 Å². The number of nitrogens with one attached hydrogen (secondary N) is 1. The van der Waals surface area contributed by atoms with Gasteiger partial charge in [-0.05, 0) is 30.0 Å². The minimum atomic E-state index is -3.83. The fourth-order valence-corrected chi connectivity index (χ4v) is 3.86. The Morgan fingerprint density at radius 1 is 1.15 bits per heavy atom. The van der Waals surface area contributed by atoms with Crippen LogP contribution in [0.5, 0.6) is 5.75 Å². The second-order valence-corrected chi connectivity index (χ2v) is 7.11. The number of benzene rings is 1. The molecule has 0 unspecified atom stereocenters. The molecule has 20 heavy (non-hydrogen) atoms. The van der Waals surface area contributed by atoms with E-state index in [1.54, 1.807) is 0 Å². The molecule has 0 amide bonds. The Balaban J connectivity index is 3.20. The van der Waals surface area contributed by atoms with Gasteiger partial charge >= 0.3 is 0 Å². The van der Waals surface area contributed by atoms with Gasteiger partial charge in [-0.25, -0.2) is 17.5 Å². The fraction of sp³-hybridized carbons (Fsp3) is 0.571. The van der Waals surface area contributed by atoms with Crippen LogP contribution in [0.2, 0.25) is 0 Å². The highest BCUT2D eigenvalue weighted by molar-refractivity contribution is 7.89. The molecule has 1 N–H and O–H groups in total. The zero-order chi connectivity index (χ0) is 15.5. The number of ether oxygens (including phenoxy) is 1. The van der Waals surface area contributed by atoms with E-state index >= 15 is 0 Å². The van der Waals surface area contributed by atoms with E-state index in [2.05, 4.69) is 4.72 Å². The predicted molar refractivity (Wildman–Crippen MR) is 76.7 cm³/mol. The van der Waals surface area contributed by atoms with Crippen molar-refractivity contribution in [2.75, 3.05) is 7.11 Å². The van der Waals surface area contributed by atoms with Crippen LogP contribution in [0.25, 0.3) is 0 Å². The van der Waals surface area contributed by atoms with Crippen molar-refractivity contribution in [3.63, 3.8) is 0 Å². The maximum atomic E-state index is 13.3. The van der Waals surface area contributed by atoms with Gasteiger partial charge in [-0.3, -0.25) is 0 Å². The monoisotopic (exact) mass is 303 g/mol. The predicted octanol–water partition coefficient (Wildman–Crippen LogP) is 2.79. The summed E-state index contributed by atoms with van der Waals surface area (Å²) in [5, 5.41) is 0. The molecule has 1 aromatic rings. The zero-order valence-electron chi connectivity index (χ0n) is 12.5. The number of hydrogen-bond acceptors (Lipinski definition) is 3. The van der Waals surface area contributed by atoms with Gasteiger partial charge in [-0.2, -0.15) is 0 Å². The van der Waals surface area contributed by atoms with Crippen molar-refractivity contribution in [2.45, 2.75) is 38.6 Å². The van der Waals surface area contributed by atoms with Gasteiger partial charge in [-0.1, -0.05) is 27.7 Å². The van der Waals surface area contributed by atoms with E-state index < -0.39 is 15.8 Å². The topological polar surface area (TPSA) is 55.4 Å². The molecule has 0 fully saturated rings. The summed E-state index contributed by atoms with van der Waals surface area (Å²) in [6.07, 6.45) is 0. The Morgan fingerprint density at radius 3 is 2.15 bits per heavy atom. The van der Waals surface area contributed by atoms with Crippen LogP contribution in [0, 0.1) is 17.7 Å². The van der Waals surface area contributed by atoms with Crippen LogP contribution in [-0.2, 0) is 10.0 Å². The average Bonchev–Trinajstić information content (AvgIpc) is 2.35. The molecule has 0 spiro atoms. The minimum absolute atomic E-state index is 0.129. The number of sulfonamides is 1. The lowest BCUT2D eigenvalue weighted by Crippen LogP contribution is -2.42. The second-order valence-electron chi connectivity index (χ2n) is 5.43. The summed E-state index contributed by atoms with van der Waals surface area (Å²) in [4.78, 5) is -0.175. The third-order valence-corrected chi connectivity index (χ3v) is 4.62. The summed E-state index contributed by atoms with van der Waals surface area (Å²) in [5.41, 5.74) is 0. The lowest BCUT2D eigenvalue weighted by atomic mass is 9.94. The molecule has 1 rings (SSSR count). The first-order valence-corrected chi connectivity index (χ1v) is 8.03. The van der Waals surface area contributed by atoms with Crippen LogP contribution in [0.15, 0.2) is 23.1 Å². The molecule has 114 valence electrons. The maximum Gasteiger partial charge on any atom is 0.244 e. The smallest absolute Gasteiger partial charge is 0.244 e. The molecule has 0 atom stereocenters. The Kier molecular flexibility index (Phi) is 5.53. The van der Waals surface area contributed by atoms with Crippen molar-refractivity contribution in [3.8, 4) is 5.75 Å². The number of halogens is 1. The molecule has 1 aromatic carbocycles. The Morgan fingerprint density at radius 2 is 1.70 bits per heavy atom. The highest BCUT2D eigenvalue weighted by atomic mass is 32.2. The standard InChI is InChI=1S/C14H22FNO3S/c1-9(2)14(10(3)4)16-20(17,18)13-8-11(15)6-7-12(13)19-5/h6-10,14,16H,1-5H3. The van der Waals surface area contributed by atoms with E-state index in [0.717, 1.165) is 6.07 Å². The van der Waals surface area contributed by atoms with Gasteiger partial charge in [0.1, 0.15) is 16.5 Å². The van der Waals surface area contributed by atoms with Crippen LogP contribution in [0.4, 0.5) is 4.39 Å². The molecular formula is C14H22FNO3S. The van der Waals surface area contributed by atoms with E-state index in [4.69, 9.17) is 4.74 Å². The lowest BCUT2D eigenvalue weighted by molar-refractivity contribution is 0.353. The van der Waals surface area contributed by atoms with E-state index in [0.29, 0.717) is 0 Å². The van der Waals surface area contributed by atoms with Gasteiger partial charge in [0.2, 0.25) is 10.0 Å². The van der Waals surface area contributed by atoms with E-state index in [1.807, 2.05) is 27.7 Å². The van der Waals surface area contributed by atoms with Gasteiger partial charge in [0, 0.05) is 6.04 Å². The van der Waals surface area contributed by atoms with Crippen LogP contribution < -0.4 is 9.46 Å². The molecule has 6 heteroatoms. The minimum Gasteiger partial charge on any atom is -0.495 e. The van der Waals surface area contributed by atoms with Gasteiger partial charge in [0.15, 0.2) is 0 Å². The average molecular weight is 303 g/mol. The SMILES string of the molecule is COc1ccc(F)cc1S(=O)(=O)NC(C(C)C)C(C)C. The molecule has 0 aliphatic carbocycles. The molecule has 0 bridgehead atoms. The van der Waals surface area contributed by atoms with Crippen LogP contribution in [-0.4, -0.2) is 21.6 Å². The first-order valence-electron chi connectivity index (χ1n) is 6.55. The van der Waals surface area contributed by atoms with Crippen LogP contribution in [0.3, 0.4) is 0 Å². The van der Waals surface area contributed by atoms with Gasteiger partial charge in [-0.15, -0.1) is 0 Å². The van der Waals surface area contributed by atoms with Crippen molar-refractivity contribution in [3.05, 3.63) is 24.0 Å². The van der Waals surface area contributed by atoms with E-state index in [1.165, 1.54) is 19.2 Å². The summed E-state index contributed by atoms with van der Waals surface area (Å²) in [6, 6.07) is 3.22. The van der Waals surface area contributed by atoms with E-state index in [9.17, 15) is 12.8 Å². The summed E-state index contributed by atoms with van der Waals surface area (Å²) in [6.45, 7) is 7.76. The summed E-state index contributed by atoms with van der Waals surface area (Å²) >= 11 is 0. The van der Waals surface area contributed by atoms with E-state index in [-0.39, 0.29) is 28.5 Å². The first kappa shape index (κ1) is 16.9. The molecule has 0 aromatic heterocycles. The first-order chi connectivity index (χ1) is 9.19.